The van der Waals surface area contributed by atoms with E-state index in [-0.39, 0.29) is 23.5 Å². The molecule has 2 atom stereocenters. The number of carbonyl (C=O) groups excluding carboxylic acids is 3. The number of nitrogens with two attached hydrogens (primary N) is 1. The number of nitrogens with one attached hydrogen (secondary N) is 1. The quantitative estimate of drug-likeness (QED) is 0.383. The van der Waals surface area contributed by atoms with Gasteiger partial charge in [-0.1, -0.05) is 23.1 Å². The Morgan fingerprint density at radius 2 is 2.24 bits per heavy atom. The Morgan fingerprint density at radius 3 is 2.90 bits per heavy atom. The highest BCUT2D eigenvalue weighted by atomic mass is 32.2. The summed E-state index contributed by atoms with van der Waals surface area (Å²) >= 11 is 4.39. The van der Waals surface area contributed by atoms with Crippen molar-refractivity contribution in [2.75, 3.05) is 11.5 Å². The molecule has 1 fully saturated rings. The van der Waals surface area contributed by atoms with E-state index >= 15 is 0 Å². The predicted octanol–water partition coefficient (Wildman–Crippen LogP) is -1.24. The lowest BCUT2D eigenvalue weighted by atomic mass is 10.0. The zero-order valence-corrected chi connectivity index (χ0v) is 17.5. The van der Waals surface area contributed by atoms with Crippen LogP contribution < -0.4 is 11.1 Å². The third-order valence-corrected chi connectivity index (χ3v) is 7.57. The Labute approximate surface area is 176 Å². The van der Waals surface area contributed by atoms with Gasteiger partial charge in [-0.05, 0) is 22.9 Å². The summed E-state index contributed by atoms with van der Waals surface area (Å²) in [7, 11) is 0. The van der Waals surface area contributed by atoms with Crippen molar-refractivity contribution in [3.05, 3.63) is 22.6 Å². The third-order valence-electron chi connectivity index (χ3n) is 4.17. The molecular weight excluding hydrogens is 438 g/mol. The van der Waals surface area contributed by atoms with Gasteiger partial charge < -0.3 is 11.1 Å². The second-order valence-electron chi connectivity index (χ2n) is 6.15. The molecule has 29 heavy (non-hydrogen) atoms. The van der Waals surface area contributed by atoms with Crippen molar-refractivity contribution in [1.82, 2.24) is 40.6 Å². The van der Waals surface area contributed by atoms with Crippen LogP contribution in [0.3, 0.4) is 0 Å². The topological polar surface area (TPSA) is 162 Å². The Balaban J connectivity index is 1.44. The van der Waals surface area contributed by atoms with E-state index in [4.69, 9.17) is 5.73 Å². The van der Waals surface area contributed by atoms with Crippen LogP contribution in [0.2, 0.25) is 0 Å². The average molecular weight is 454 g/mol. The van der Waals surface area contributed by atoms with E-state index in [1.165, 1.54) is 50.8 Å². The molecule has 0 aliphatic carbocycles. The SMILES string of the molecule is Cc1nnc(SCC2=C(C(N)=O)N3C(=O)[C@@H](NC(=O)Cn4cnnn4)[C@@H]3SC2)s1. The number of thioether (sulfide) groups is 2. The molecule has 2 aliphatic rings. The Hall–Kier alpha value is -2.52. The minimum Gasteiger partial charge on any atom is -0.364 e. The van der Waals surface area contributed by atoms with Crippen LogP contribution in [-0.2, 0) is 20.9 Å². The van der Waals surface area contributed by atoms with Gasteiger partial charge in [0.05, 0.1) is 0 Å². The molecule has 3 amide bonds. The number of β-lactam (4-membered cyclic amide) rings is 1. The van der Waals surface area contributed by atoms with Gasteiger partial charge in [0.25, 0.3) is 11.8 Å². The van der Waals surface area contributed by atoms with Gasteiger partial charge in [0.2, 0.25) is 5.91 Å². The molecule has 2 aromatic rings. The Bertz CT molecular complexity index is 990. The first-order chi connectivity index (χ1) is 13.9. The third kappa shape index (κ3) is 3.97. The van der Waals surface area contributed by atoms with Gasteiger partial charge in [0.15, 0.2) is 4.34 Å². The fraction of sp³-hybridized carbons (Fsp3) is 0.429. The molecule has 1 saturated heterocycles. The second-order valence-corrected chi connectivity index (χ2v) is 9.66. The van der Waals surface area contributed by atoms with Crippen molar-refractivity contribution in [1.29, 1.82) is 0 Å². The van der Waals surface area contributed by atoms with E-state index in [1.807, 2.05) is 6.92 Å². The molecular formula is C14H15N9O3S3. The number of amides is 3. The number of hydrogen-bond acceptors (Lipinski definition) is 11. The zero-order valence-electron chi connectivity index (χ0n) is 15.0. The summed E-state index contributed by atoms with van der Waals surface area (Å²) in [6, 6.07) is -0.724. The summed E-state index contributed by atoms with van der Waals surface area (Å²) in [6.45, 7) is 1.76. The molecule has 2 aliphatic heterocycles. The van der Waals surface area contributed by atoms with Crippen molar-refractivity contribution < 1.29 is 14.4 Å². The first kappa shape index (κ1) is 19.8. The lowest BCUT2D eigenvalue weighted by molar-refractivity contribution is -0.147. The van der Waals surface area contributed by atoms with Crippen LogP contribution in [0.15, 0.2) is 21.9 Å². The molecule has 0 unspecified atom stereocenters. The van der Waals surface area contributed by atoms with Gasteiger partial charge in [0.1, 0.15) is 35.0 Å². The Kier molecular flexibility index (Phi) is 5.51. The van der Waals surface area contributed by atoms with Gasteiger partial charge in [-0.15, -0.1) is 27.1 Å². The number of aromatic nitrogens is 6. The monoisotopic (exact) mass is 453 g/mol. The number of rotatable bonds is 7. The molecule has 3 N–H and O–H groups in total. The lowest BCUT2D eigenvalue weighted by Gasteiger charge is -2.49. The maximum Gasteiger partial charge on any atom is 0.265 e. The van der Waals surface area contributed by atoms with Crippen molar-refractivity contribution in [3.8, 4) is 0 Å². The zero-order chi connectivity index (χ0) is 20.5. The summed E-state index contributed by atoms with van der Waals surface area (Å²) < 4.78 is 2.04. The summed E-state index contributed by atoms with van der Waals surface area (Å²) in [5.74, 6) is -0.418. The molecule has 0 radical (unpaired) electrons. The minimum atomic E-state index is -0.724. The molecule has 152 valence electrons. The summed E-state index contributed by atoms with van der Waals surface area (Å²) in [5, 5.41) is 21.7. The van der Waals surface area contributed by atoms with E-state index in [0.717, 1.165) is 14.9 Å². The van der Waals surface area contributed by atoms with Crippen molar-refractivity contribution in [2.45, 2.75) is 29.2 Å². The number of hydrogen-bond donors (Lipinski definition) is 2. The van der Waals surface area contributed by atoms with E-state index in [1.54, 1.807) is 0 Å². The van der Waals surface area contributed by atoms with E-state index in [2.05, 4.69) is 31.0 Å². The van der Waals surface area contributed by atoms with Crippen molar-refractivity contribution in [2.24, 2.45) is 5.73 Å². The Morgan fingerprint density at radius 1 is 1.41 bits per heavy atom. The lowest BCUT2D eigenvalue weighted by Crippen LogP contribution is -2.71. The molecule has 0 saturated carbocycles. The van der Waals surface area contributed by atoms with Gasteiger partial charge in [-0.3, -0.25) is 19.3 Å². The van der Waals surface area contributed by atoms with E-state index in [0.29, 0.717) is 11.5 Å². The number of nitrogens with zero attached hydrogens (tertiary/aromatic N) is 7. The number of primary amides is 1. The van der Waals surface area contributed by atoms with Crippen LogP contribution >= 0.6 is 34.9 Å². The predicted molar refractivity (Wildman–Crippen MR) is 104 cm³/mol. The number of carbonyl (C=O) groups is 3. The smallest absolute Gasteiger partial charge is 0.265 e. The molecule has 15 heteroatoms. The highest BCUT2D eigenvalue weighted by Gasteiger charge is 2.53. The number of tetrazole rings is 1. The maximum absolute atomic E-state index is 12.7. The average Bonchev–Trinajstić information content (AvgIpc) is 3.35. The summed E-state index contributed by atoms with van der Waals surface area (Å²) in [6.07, 6.45) is 1.31. The second kappa shape index (κ2) is 8.08. The molecule has 0 aromatic carbocycles. The first-order valence-electron chi connectivity index (χ1n) is 8.33. The van der Waals surface area contributed by atoms with Gasteiger partial charge >= 0.3 is 0 Å². The van der Waals surface area contributed by atoms with Crippen LogP contribution in [0.4, 0.5) is 0 Å². The normalized spacial score (nSPS) is 21.0. The summed E-state index contributed by atoms with van der Waals surface area (Å²) in [4.78, 5) is 38.2. The highest BCUT2D eigenvalue weighted by molar-refractivity contribution is 8.01. The van der Waals surface area contributed by atoms with Gasteiger partial charge in [-0.2, -0.15) is 0 Å². The first-order valence-corrected chi connectivity index (χ1v) is 11.2. The fourth-order valence-electron chi connectivity index (χ4n) is 2.94. The van der Waals surface area contributed by atoms with Crippen molar-refractivity contribution >= 4 is 52.6 Å². The van der Waals surface area contributed by atoms with E-state index < -0.39 is 17.9 Å². The standard InChI is InChI=1S/C14H15N9O3S3/c1-6-18-19-14(29-6)28-4-7-3-27-13-9(12(26)23(13)10(7)11(15)25)17-8(24)2-22-5-16-20-21-22/h5,9,13H,2-4H2,1H3,(H2,15,25)(H,17,24)/t9-,13+/m1/s1. The van der Waals surface area contributed by atoms with Crippen LogP contribution in [0.1, 0.15) is 5.01 Å². The summed E-state index contributed by atoms with van der Waals surface area (Å²) in [5.41, 5.74) is 6.54. The largest absolute Gasteiger partial charge is 0.364 e. The van der Waals surface area contributed by atoms with Crippen LogP contribution in [-0.4, -0.2) is 75.9 Å². The molecule has 2 aromatic heterocycles. The molecule has 12 nitrogen and oxygen atoms in total. The van der Waals surface area contributed by atoms with Gasteiger partial charge in [-0.25, -0.2) is 4.68 Å². The van der Waals surface area contributed by atoms with Gasteiger partial charge in [0, 0.05) is 11.5 Å². The molecule has 4 rings (SSSR count). The van der Waals surface area contributed by atoms with Crippen molar-refractivity contribution in [3.63, 3.8) is 0 Å². The fourth-order valence-corrected chi connectivity index (χ4v) is 6.24. The van der Waals surface area contributed by atoms with Crippen LogP contribution in [0.5, 0.6) is 0 Å². The van der Waals surface area contributed by atoms with E-state index in [9.17, 15) is 14.4 Å². The van der Waals surface area contributed by atoms with Crippen LogP contribution in [0.25, 0.3) is 0 Å². The maximum atomic E-state index is 12.7. The molecule has 0 bridgehead atoms. The molecule has 0 spiro atoms. The highest BCUT2D eigenvalue weighted by Crippen LogP contribution is 2.41. The number of fused-ring (bicyclic) bond motifs is 1. The number of aryl methyl sites for hydroxylation is 1. The minimum absolute atomic E-state index is 0.101. The molecule has 4 heterocycles. The van der Waals surface area contributed by atoms with Crippen LogP contribution in [0, 0.1) is 6.92 Å².